The number of benzene rings is 3. The lowest BCUT2D eigenvalue weighted by Crippen LogP contribution is -2.25. The van der Waals surface area contributed by atoms with Crippen molar-refractivity contribution >= 4 is 5.57 Å². The molecule has 49 heavy (non-hydrogen) atoms. The molecule has 0 spiro atoms. The summed E-state index contributed by atoms with van der Waals surface area (Å²) in [6.45, 7) is 8.42. The fourth-order valence-corrected chi connectivity index (χ4v) is 4.84. The summed E-state index contributed by atoms with van der Waals surface area (Å²) in [5.41, 5.74) is -2.99. The zero-order valence-corrected chi connectivity index (χ0v) is 24.3. The lowest BCUT2D eigenvalue weighted by Gasteiger charge is -2.10. The molecule has 0 atom stereocenters. The minimum atomic E-state index is -4.69. The van der Waals surface area contributed by atoms with Crippen LogP contribution >= 0.6 is 0 Å². The van der Waals surface area contributed by atoms with Crippen LogP contribution in [0.2, 0.25) is 0 Å². The van der Waals surface area contributed by atoms with E-state index in [0.29, 0.717) is 0 Å². The van der Waals surface area contributed by atoms with Crippen LogP contribution in [0, 0.1) is 47.5 Å². The Labute approximate surface area is 269 Å². The maximum Gasteiger partial charge on any atom is 0.416 e. The van der Waals surface area contributed by atoms with Gasteiger partial charge in [-0.05, 0) is 48.9 Å². The summed E-state index contributed by atoms with van der Waals surface area (Å²) in [4.78, 5) is 32.7. The van der Waals surface area contributed by atoms with Crippen LogP contribution < -0.4 is 21.4 Å². The largest absolute Gasteiger partial charge is 0.416 e. The summed E-state index contributed by atoms with van der Waals surface area (Å²) in [5.74, 6) is -1.46. The minimum absolute atomic E-state index is 0.0101. The molecule has 0 saturated heterocycles. The van der Waals surface area contributed by atoms with Crippen LogP contribution in [0.4, 0.5) is 26.3 Å². The Morgan fingerprint density at radius 1 is 0.735 bits per heavy atom. The van der Waals surface area contributed by atoms with Gasteiger partial charge < -0.3 is 0 Å². The molecule has 0 N–H and O–H groups in total. The van der Waals surface area contributed by atoms with E-state index in [4.69, 9.17) is 6.57 Å². The van der Waals surface area contributed by atoms with Crippen molar-refractivity contribution in [3.63, 3.8) is 0 Å². The number of aryl methyl sites for hydroxylation is 1. The van der Waals surface area contributed by atoms with Gasteiger partial charge in [-0.2, -0.15) is 36.9 Å². The number of alkyl halides is 6. The van der Waals surface area contributed by atoms with Crippen LogP contribution in [0.25, 0.3) is 33.2 Å². The molecule has 0 aliphatic carbocycles. The lowest BCUT2D eigenvalue weighted by atomic mass is 10.1. The highest BCUT2D eigenvalue weighted by atomic mass is 19.4. The third-order valence-corrected chi connectivity index (χ3v) is 7.13. The minimum Gasteiger partial charge on any atom is -0.238 e. The summed E-state index contributed by atoms with van der Waals surface area (Å²) >= 11 is 0. The maximum atomic E-state index is 13.6. The Kier molecular flexibility index (Phi) is 7.54. The monoisotopic (exact) mass is 663 g/mol. The summed E-state index contributed by atoms with van der Waals surface area (Å²) in [6, 6.07) is 13.9. The van der Waals surface area contributed by atoms with E-state index in [1.165, 1.54) is 19.1 Å². The average Bonchev–Trinajstić information content (AvgIpc) is 3.68. The molecule has 17 heteroatoms. The number of halogens is 6. The third kappa shape index (κ3) is 5.73. The second-order valence-corrected chi connectivity index (χ2v) is 10.2. The third-order valence-electron chi connectivity index (χ3n) is 7.13. The lowest BCUT2D eigenvalue weighted by molar-refractivity contribution is -0.138. The van der Waals surface area contributed by atoms with E-state index in [1.54, 1.807) is 6.07 Å². The van der Waals surface area contributed by atoms with E-state index in [1.807, 2.05) is 12.1 Å². The first-order valence-corrected chi connectivity index (χ1v) is 13.5. The predicted octanol–water partition coefficient (Wildman–Crippen LogP) is 4.43. The van der Waals surface area contributed by atoms with Gasteiger partial charge in [0.05, 0.1) is 45.4 Å². The SMILES string of the molecule is [C-]#[N+]/C(C#N)=C1\N=c2ccc(-c3nc(/C(C#N)=C4\N=c5cc(C)c(C(F)(F)F)cc5=N4)nc(-c4ccc(C(F)(F)F)cc4)n3)c(C#N)c2=N1. The molecule has 0 amide bonds. The average molecular weight is 664 g/mol. The van der Waals surface area contributed by atoms with Crippen molar-refractivity contribution in [3.8, 4) is 41.0 Å². The van der Waals surface area contributed by atoms with Gasteiger partial charge in [0.15, 0.2) is 29.1 Å². The highest BCUT2D eigenvalue weighted by molar-refractivity contribution is 5.78. The van der Waals surface area contributed by atoms with Crippen LogP contribution in [0.5, 0.6) is 0 Å². The molecule has 0 radical (unpaired) electrons. The number of aromatic nitrogens is 3. The van der Waals surface area contributed by atoms with Gasteiger partial charge >= 0.3 is 18.0 Å². The molecule has 11 nitrogen and oxygen atoms in total. The van der Waals surface area contributed by atoms with Crippen molar-refractivity contribution in [1.82, 2.24) is 15.0 Å². The van der Waals surface area contributed by atoms with Gasteiger partial charge in [0.1, 0.15) is 23.1 Å². The van der Waals surface area contributed by atoms with E-state index >= 15 is 0 Å². The van der Waals surface area contributed by atoms with Gasteiger partial charge in [-0.3, -0.25) is 0 Å². The molecule has 1 aromatic heterocycles. The van der Waals surface area contributed by atoms with Crippen LogP contribution in [0.15, 0.2) is 85.8 Å². The Balaban J connectivity index is 1.61. The highest BCUT2D eigenvalue weighted by Crippen LogP contribution is 2.32. The van der Waals surface area contributed by atoms with Gasteiger partial charge in [-0.15, -0.1) is 0 Å². The number of rotatable bonds is 3. The summed E-state index contributed by atoms with van der Waals surface area (Å²) in [7, 11) is 0. The van der Waals surface area contributed by atoms with Crippen molar-refractivity contribution in [3.05, 3.63) is 127 Å². The quantitative estimate of drug-likeness (QED) is 0.179. The summed E-state index contributed by atoms with van der Waals surface area (Å²) in [6.07, 6.45) is -9.33. The Morgan fingerprint density at radius 2 is 1.39 bits per heavy atom. The molecule has 3 aromatic carbocycles. The molecular weight excluding hydrogens is 652 g/mol. The van der Waals surface area contributed by atoms with Crippen molar-refractivity contribution in [2.24, 2.45) is 20.0 Å². The van der Waals surface area contributed by atoms with E-state index in [2.05, 4.69) is 39.8 Å². The predicted molar refractivity (Wildman–Crippen MR) is 153 cm³/mol. The Morgan fingerprint density at radius 3 is 1.98 bits per heavy atom. The molecule has 0 bridgehead atoms. The zero-order valence-electron chi connectivity index (χ0n) is 24.3. The normalized spacial score (nSPS) is 15.1. The van der Waals surface area contributed by atoms with Gasteiger partial charge in [-0.1, -0.05) is 12.1 Å². The molecule has 0 fully saturated rings. The summed E-state index contributed by atoms with van der Waals surface area (Å²) in [5, 5.41) is 29.6. The van der Waals surface area contributed by atoms with Gasteiger partial charge in [0, 0.05) is 11.1 Å². The molecule has 3 heterocycles. The van der Waals surface area contributed by atoms with Crippen LogP contribution in [0.3, 0.4) is 0 Å². The molecule has 2 aliphatic rings. The number of nitrogens with zero attached hydrogens (tertiary/aromatic N) is 11. The number of allylic oxidation sites excluding steroid dienone is 2. The van der Waals surface area contributed by atoms with Crippen molar-refractivity contribution < 1.29 is 26.3 Å². The first-order valence-electron chi connectivity index (χ1n) is 13.5. The van der Waals surface area contributed by atoms with Gasteiger partial charge in [0.25, 0.3) is 0 Å². The fourth-order valence-electron chi connectivity index (χ4n) is 4.84. The standard InChI is InChI=1S/C32H11F6N11/c1-14-9-22-23(10-20(14)32(36,37)38)45-28(44-22)19(12-40)29-48-26(15-3-5-16(6-4-15)31(33,34)35)47-27(49-29)17-7-8-21-25(18(17)11-39)46-30(43-21)24(13-41)42-2/h3-10H,1H3/b28-19+,30-24+. The highest BCUT2D eigenvalue weighted by Gasteiger charge is 2.33. The first-order chi connectivity index (χ1) is 23.2. The van der Waals surface area contributed by atoms with Gasteiger partial charge in [-0.25, -0.2) is 45.0 Å². The van der Waals surface area contributed by atoms with E-state index < -0.39 is 40.6 Å². The Bertz CT molecular complexity index is 2610. The van der Waals surface area contributed by atoms with Crippen molar-refractivity contribution in [2.75, 3.05) is 0 Å². The number of fused-ring (bicyclic) bond motifs is 2. The number of hydrogen-bond donors (Lipinski definition) is 0. The first kappa shape index (κ1) is 31.9. The Hall–Kier alpha value is -7.11. The maximum absolute atomic E-state index is 13.6. The molecule has 0 saturated carbocycles. The molecule has 6 rings (SSSR count). The fraction of sp³-hybridized carbons (Fsp3) is 0.0938. The molecule has 2 aliphatic heterocycles. The van der Waals surface area contributed by atoms with Crippen LogP contribution in [0.1, 0.15) is 28.1 Å². The molecule has 0 unspecified atom stereocenters. The van der Waals surface area contributed by atoms with E-state index in [-0.39, 0.29) is 67.0 Å². The van der Waals surface area contributed by atoms with Crippen molar-refractivity contribution in [2.45, 2.75) is 19.3 Å². The van der Waals surface area contributed by atoms with Crippen molar-refractivity contribution in [1.29, 1.82) is 15.8 Å². The van der Waals surface area contributed by atoms with Crippen LogP contribution in [-0.2, 0) is 12.4 Å². The topological polar surface area (TPSA) is 164 Å². The van der Waals surface area contributed by atoms with Crippen LogP contribution in [-0.4, -0.2) is 15.0 Å². The van der Waals surface area contributed by atoms with Gasteiger partial charge in [0.2, 0.25) is 0 Å². The molecule has 4 aromatic rings. The second kappa shape index (κ2) is 11.6. The summed E-state index contributed by atoms with van der Waals surface area (Å²) < 4.78 is 80.5. The zero-order chi connectivity index (χ0) is 35.2. The number of hydrogen-bond acceptors (Lipinski definition) is 10. The molecular formula is C32H11F6N11. The smallest absolute Gasteiger partial charge is 0.238 e. The molecule has 236 valence electrons. The second-order valence-electron chi connectivity index (χ2n) is 10.2. The number of nitriles is 3. The van der Waals surface area contributed by atoms with E-state index in [9.17, 15) is 42.1 Å². The van der Waals surface area contributed by atoms with E-state index in [0.717, 1.165) is 36.4 Å².